The molecule has 4 heteroatoms. The zero-order chi connectivity index (χ0) is 17.9. The second-order valence-corrected chi connectivity index (χ2v) is 7.50. The molecule has 0 radical (unpaired) electrons. The molecule has 2 aromatic carbocycles. The van der Waals surface area contributed by atoms with Crippen molar-refractivity contribution in [2.45, 2.75) is 12.8 Å². The SMILES string of the molecule is CN(C)CC1CCN(c2nccc(-c3ccc4ccccc4c3)n2)CC1. The Bertz CT molecular complexity index is 882. The summed E-state index contributed by atoms with van der Waals surface area (Å²) < 4.78 is 0. The summed E-state index contributed by atoms with van der Waals surface area (Å²) in [7, 11) is 4.31. The number of aromatic nitrogens is 2. The number of rotatable bonds is 4. The van der Waals surface area contributed by atoms with Crippen LogP contribution in [0.25, 0.3) is 22.0 Å². The number of anilines is 1. The first-order valence-corrected chi connectivity index (χ1v) is 9.41. The minimum absolute atomic E-state index is 0.782. The number of benzene rings is 2. The maximum Gasteiger partial charge on any atom is 0.225 e. The van der Waals surface area contributed by atoms with E-state index < -0.39 is 0 Å². The maximum absolute atomic E-state index is 4.86. The van der Waals surface area contributed by atoms with Gasteiger partial charge < -0.3 is 9.80 Å². The molecule has 0 saturated carbocycles. The lowest BCUT2D eigenvalue weighted by Crippen LogP contribution is -2.38. The van der Waals surface area contributed by atoms with E-state index in [1.165, 1.54) is 30.2 Å². The van der Waals surface area contributed by atoms with Gasteiger partial charge in [0.05, 0.1) is 5.69 Å². The molecule has 4 rings (SSSR count). The van der Waals surface area contributed by atoms with Gasteiger partial charge in [-0.05, 0) is 55.8 Å². The molecule has 1 fully saturated rings. The van der Waals surface area contributed by atoms with Crippen molar-refractivity contribution in [3.63, 3.8) is 0 Å². The van der Waals surface area contributed by atoms with Crippen LogP contribution in [0, 0.1) is 5.92 Å². The first-order valence-electron chi connectivity index (χ1n) is 9.41. The Morgan fingerprint density at radius 2 is 1.77 bits per heavy atom. The fraction of sp³-hybridized carbons (Fsp3) is 0.364. The van der Waals surface area contributed by atoms with Crippen LogP contribution < -0.4 is 4.90 Å². The molecular weight excluding hydrogens is 320 g/mol. The zero-order valence-electron chi connectivity index (χ0n) is 15.6. The van der Waals surface area contributed by atoms with Gasteiger partial charge in [-0.25, -0.2) is 9.97 Å². The lowest BCUT2D eigenvalue weighted by molar-refractivity contribution is 0.284. The standard InChI is InChI=1S/C22H26N4/c1-25(2)16-17-10-13-26(14-11-17)22-23-12-9-21(24-22)20-8-7-18-5-3-4-6-19(18)15-20/h3-9,12,15,17H,10-11,13-14,16H2,1-2H3. The predicted molar refractivity (Wildman–Crippen MR) is 108 cm³/mol. The Morgan fingerprint density at radius 1 is 1.00 bits per heavy atom. The van der Waals surface area contributed by atoms with Gasteiger partial charge in [-0.15, -0.1) is 0 Å². The maximum atomic E-state index is 4.86. The average molecular weight is 346 g/mol. The molecule has 0 amide bonds. The van der Waals surface area contributed by atoms with Crippen LogP contribution in [0.2, 0.25) is 0 Å². The van der Waals surface area contributed by atoms with Gasteiger partial charge in [0, 0.05) is 31.4 Å². The summed E-state index contributed by atoms with van der Waals surface area (Å²) in [4.78, 5) is 14.0. The van der Waals surface area contributed by atoms with E-state index in [0.717, 1.165) is 36.2 Å². The minimum Gasteiger partial charge on any atom is -0.341 e. The molecule has 134 valence electrons. The minimum atomic E-state index is 0.782. The van der Waals surface area contributed by atoms with Gasteiger partial charge in [0.1, 0.15) is 0 Å². The average Bonchev–Trinajstić information content (AvgIpc) is 2.68. The highest BCUT2D eigenvalue weighted by atomic mass is 15.3. The highest BCUT2D eigenvalue weighted by Gasteiger charge is 2.21. The highest BCUT2D eigenvalue weighted by molar-refractivity contribution is 5.86. The van der Waals surface area contributed by atoms with E-state index in [0.29, 0.717) is 0 Å². The second kappa shape index (κ2) is 7.42. The fourth-order valence-corrected chi connectivity index (χ4v) is 3.84. The molecule has 26 heavy (non-hydrogen) atoms. The summed E-state index contributed by atoms with van der Waals surface area (Å²) in [6.45, 7) is 3.26. The van der Waals surface area contributed by atoms with Gasteiger partial charge in [-0.3, -0.25) is 0 Å². The largest absolute Gasteiger partial charge is 0.341 e. The third kappa shape index (κ3) is 3.70. The summed E-state index contributed by atoms with van der Waals surface area (Å²) in [6.07, 6.45) is 4.31. The van der Waals surface area contributed by atoms with Gasteiger partial charge in [0.25, 0.3) is 0 Å². The van der Waals surface area contributed by atoms with Crippen LogP contribution in [-0.2, 0) is 0 Å². The first-order chi connectivity index (χ1) is 12.7. The van der Waals surface area contributed by atoms with Crippen LogP contribution in [-0.4, -0.2) is 48.6 Å². The quantitative estimate of drug-likeness (QED) is 0.713. The molecule has 1 aliphatic rings. The molecule has 1 aliphatic heterocycles. The normalized spacial score (nSPS) is 15.7. The van der Waals surface area contributed by atoms with E-state index in [2.05, 4.69) is 71.3 Å². The van der Waals surface area contributed by atoms with Gasteiger partial charge in [-0.1, -0.05) is 36.4 Å². The third-order valence-electron chi connectivity index (χ3n) is 5.21. The monoisotopic (exact) mass is 346 g/mol. The van der Waals surface area contributed by atoms with E-state index in [1.54, 1.807) is 0 Å². The van der Waals surface area contributed by atoms with Crippen molar-refractivity contribution >= 4 is 16.7 Å². The van der Waals surface area contributed by atoms with Crippen LogP contribution in [0.3, 0.4) is 0 Å². The van der Waals surface area contributed by atoms with Crippen LogP contribution in [0.1, 0.15) is 12.8 Å². The number of piperidine rings is 1. The fourth-order valence-electron chi connectivity index (χ4n) is 3.84. The summed E-state index contributed by atoms with van der Waals surface area (Å²) in [5.41, 5.74) is 2.14. The molecule has 0 N–H and O–H groups in total. The Hall–Kier alpha value is -2.46. The topological polar surface area (TPSA) is 32.3 Å². The van der Waals surface area contributed by atoms with Crippen molar-refractivity contribution in [3.05, 3.63) is 54.7 Å². The van der Waals surface area contributed by atoms with Crippen LogP contribution in [0.5, 0.6) is 0 Å². The van der Waals surface area contributed by atoms with Crippen molar-refractivity contribution in [2.75, 3.05) is 38.6 Å². The van der Waals surface area contributed by atoms with Gasteiger partial charge in [0.15, 0.2) is 0 Å². The molecule has 2 heterocycles. The van der Waals surface area contributed by atoms with E-state index in [-0.39, 0.29) is 0 Å². The third-order valence-corrected chi connectivity index (χ3v) is 5.21. The van der Waals surface area contributed by atoms with Crippen LogP contribution in [0.4, 0.5) is 5.95 Å². The van der Waals surface area contributed by atoms with Crippen LogP contribution in [0.15, 0.2) is 54.7 Å². The van der Waals surface area contributed by atoms with E-state index >= 15 is 0 Å². The van der Waals surface area contributed by atoms with Gasteiger partial charge in [0.2, 0.25) is 5.95 Å². The van der Waals surface area contributed by atoms with Crippen LogP contribution >= 0.6 is 0 Å². The van der Waals surface area contributed by atoms with Crippen molar-refractivity contribution in [1.82, 2.24) is 14.9 Å². The summed E-state index contributed by atoms with van der Waals surface area (Å²) in [6, 6.07) is 17.0. The Balaban J connectivity index is 1.53. The van der Waals surface area contributed by atoms with Gasteiger partial charge >= 0.3 is 0 Å². The predicted octanol–water partition coefficient (Wildman–Crippen LogP) is 4.07. The molecule has 3 aromatic rings. The van der Waals surface area contributed by atoms with E-state index in [1.807, 2.05) is 12.3 Å². The Kier molecular flexibility index (Phi) is 4.85. The zero-order valence-corrected chi connectivity index (χ0v) is 15.6. The molecule has 0 atom stereocenters. The smallest absolute Gasteiger partial charge is 0.225 e. The van der Waals surface area contributed by atoms with Crippen molar-refractivity contribution < 1.29 is 0 Å². The molecular formula is C22H26N4. The molecule has 0 unspecified atom stereocenters. The van der Waals surface area contributed by atoms with E-state index in [9.17, 15) is 0 Å². The molecule has 1 aromatic heterocycles. The summed E-state index contributed by atoms with van der Waals surface area (Å²) in [5, 5.41) is 2.50. The second-order valence-electron chi connectivity index (χ2n) is 7.50. The first kappa shape index (κ1) is 17.0. The van der Waals surface area contributed by atoms with Crippen molar-refractivity contribution in [2.24, 2.45) is 5.92 Å². The summed E-state index contributed by atoms with van der Waals surface area (Å²) >= 11 is 0. The number of nitrogens with zero attached hydrogens (tertiary/aromatic N) is 4. The highest BCUT2D eigenvalue weighted by Crippen LogP contribution is 2.26. The van der Waals surface area contributed by atoms with Gasteiger partial charge in [-0.2, -0.15) is 0 Å². The molecule has 4 nitrogen and oxygen atoms in total. The number of hydrogen-bond donors (Lipinski definition) is 0. The number of hydrogen-bond acceptors (Lipinski definition) is 4. The van der Waals surface area contributed by atoms with Crippen molar-refractivity contribution in [3.8, 4) is 11.3 Å². The lowest BCUT2D eigenvalue weighted by atomic mass is 9.96. The molecule has 0 bridgehead atoms. The van der Waals surface area contributed by atoms with E-state index in [4.69, 9.17) is 4.98 Å². The summed E-state index contributed by atoms with van der Waals surface area (Å²) in [5.74, 6) is 1.64. The Morgan fingerprint density at radius 3 is 2.54 bits per heavy atom. The van der Waals surface area contributed by atoms with Crippen molar-refractivity contribution in [1.29, 1.82) is 0 Å². The molecule has 0 aliphatic carbocycles. The lowest BCUT2D eigenvalue weighted by Gasteiger charge is -2.33. The molecule has 1 saturated heterocycles. The number of fused-ring (bicyclic) bond motifs is 1. The molecule has 0 spiro atoms. The Labute approximate surface area is 155 Å².